The Morgan fingerprint density at radius 3 is 2.68 bits per heavy atom. The van der Waals surface area contributed by atoms with Gasteiger partial charge >= 0.3 is 0 Å². The van der Waals surface area contributed by atoms with Gasteiger partial charge in [0.05, 0.1) is 16.8 Å². The van der Waals surface area contributed by atoms with E-state index >= 15 is 0 Å². The maximum atomic E-state index is 13.2. The van der Waals surface area contributed by atoms with Gasteiger partial charge in [-0.25, -0.2) is 4.39 Å². The van der Waals surface area contributed by atoms with Crippen molar-refractivity contribution >= 4 is 23.2 Å². The molecule has 0 fully saturated rings. The molecule has 1 aromatic carbocycles. The number of nitrogens with zero attached hydrogens (tertiary/aromatic N) is 1. The number of benzene rings is 1. The SMILES string of the molecule is NNC(Cc1cc(F)ccc1Cl)c1ccc(Cl)cn1. The maximum absolute atomic E-state index is 13.2. The first kappa shape index (κ1) is 14.2. The Labute approximate surface area is 120 Å². The lowest BCUT2D eigenvalue weighted by Gasteiger charge is -2.16. The van der Waals surface area contributed by atoms with Gasteiger partial charge in [0.25, 0.3) is 0 Å². The summed E-state index contributed by atoms with van der Waals surface area (Å²) in [4.78, 5) is 4.19. The number of hydrazine groups is 1. The average Bonchev–Trinajstić information content (AvgIpc) is 2.41. The van der Waals surface area contributed by atoms with E-state index in [9.17, 15) is 4.39 Å². The van der Waals surface area contributed by atoms with Crippen LogP contribution in [0.4, 0.5) is 4.39 Å². The normalized spacial score (nSPS) is 12.4. The van der Waals surface area contributed by atoms with E-state index < -0.39 is 0 Å². The van der Waals surface area contributed by atoms with Gasteiger partial charge < -0.3 is 0 Å². The molecular formula is C13H12Cl2FN3. The highest BCUT2D eigenvalue weighted by Crippen LogP contribution is 2.23. The molecule has 0 radical (unpaired) electrons. The third-order valence-corrected chi connectivity index (χ3v) is 3.33. The molecular weight excluding hydrogens is 288 g/mol. The second kappa shape index (κ2) is 6.30. The fourth-order valence-corrected chi connectivity index (χ4v) is 2.07. The van der Waals surface area contributed by atoms with E-state index in [-0.39, 0.29) is 11.9 Å². The molecule has 2 aromatic rings. The third-order valence-electron chi connectivity index (χ3n) is 2.74. The zero-order valence-electron chi connectivity index (χ0n) is 9.91. The molecule has 0 saturated heterocycles. The van der Waals surface area contributed by atoms with Crippen LogP contribution in [0.3, 0.4) is 0 Å². The van der Waals surface area contributed by atoms with Crippen LogP contribution in [0, 0.1) is 5.82 Å². The Hall–Kier alpha value is -1.20. The summed E-state index contributed by atoms with van der Waals surface area (Å²) in [6.45, 7) is 0. The lowest BCUT2D eigenvalue weighted by atomic mass is 10.0. The van der Waals surface area contributed by atoms with Crippen molar-refractivity contribution in [3.63, 3.8) is 0 Å². The predicted octanol–water partition coefficient (Wildman–Crippen LogP) is 3.27. The first-order valence-corrected chi connectivity index (χ1v) is 6.37. The molecule has 1 heterocycles. The zero-order chi connectivity index (χ0) is 13.8. The van der Waals surface area contributed by atoms with Crippen molar-refractivity contribution in [3.8, 4) is 0 Å². The van der Waals surface area contributed by atoms with E-state index in [0.29, 0.717) is 27.7 Å². The molecule has 3 N–H and O–H groups in total. The standard InChI is InChI=1S/C13H12Cl2FN3/c14-9-1-4-12(18-7-9)13(19-17)6-8-5-10(16)2-3-11(8)15/h1-5,7,13,19H,6,17H2. The van der Waals surface area contributed by atoms with Crippen molar-refractivity contribution in [2.45, 2.75) is 12.5 Å². The van der Waals surface area contributed by atoms with Crippen LogP contribution in [-0.2, 0) is 6.42 Å². The number of rotatable bonds is 4. The van der Waals surface area contributed by atoms with Crippen LogP contribution in [-0.4, -0.2) is 4.98 Å². The average molecular weight is 300 g/mol. The largest absolute Gasteiger partial charge is 0.271 e. The van der Waals surface area contributed by atoms with Crippen LogP contribution >= 0.6 is 23.2 Å². The van der Waals surface area contributed by atoms with Gasteiger partial charge in [0.2, 0.25) is 0 Å². The van der Waals surface area contributed by atoms with Crippen molar-refractivity contribution < 1.29 is 4.39 Å². The van der Waals surface area contributed by atoms with Gasteiger partial charge in [0, 0.05) is 11.2 Å². The van der Waals surface area contributed by atoms with Gasteiger partial charge in [0.15, 0.2) is 0 Å². The summed E-state index contributed by atoms with van der Waals surface area (Å²) in [7, 11) is 0. The Kier molecular flexibility index (Phi) is 4.71. The van der Waals surface area contributed by atoms with Crippen molar-refractivity contribution in [2.24, 2.45) is 5.84 Å². The van der Waals surface area contributed by atoms with E-state index in [4.69, 9.17) is 29.0 Å². The Morgan fingerprint density at radius 2 is 2.05 bits per heavy atom. The Morgan fingerprint density at radius 1 is 1.26 bits per heavy atom. The van der Waals surface area contributed by atoms with Gasteiger partial charge in [-0.1, -0.05) is 23.2 Å². The lowest BCUT2D eigenvalue weighted by molar-refractivity contribution is 0.536. The van der Waals surface area contributed by atoms with Crippen LogP contribution in [0.1, 0.15) is 17.3 Å². The summed E-state index contributed by atoms with van der Waals surface area (Å²) in [6.07, 6.45) is 1.97. The molecule has 0 saturated carbocycles. The number of nitrogens with two attached hydrogens (primary N) is 1. The quantitative estimate of drug-likeness (QED) is 0.673. The van der Waals surface area contributed by atoms with E-state index in [1.807, 2.05) is 0 Å². The third kappa shape index (κ3) is 3.64. The topological polar surface area (TPSA) is 50.9 Å². The van der Waals surface area contributed by atoms with Gasteiger partial charge in [-0.05, 0) is 42.3 Å². The summed E-state index contributed by atoms with van der Waals surface area (Å²) in [5.74, 6) is 5.18. The number of hydrogen-bond donors (Lipinski definition) is 2. The first-order chi connectivity index (χ1) is 9.10. The van der Waals surface area contributed by atoms with Crippen LogP contribution in [0.25, 0.3) is 0 Å². The minimum atomic E-state index is -0.334. The molecule has 1 unspecified atom stereocenters. The van der Waals surface area contributed by atoms with E-state index in [1.54, 1.807) is 12.1 Å². The Balaban J connectivity index is 2.23. The minimum absolute atomic E-state index is 0.267. The fourth-order valence-electron chi connectivity index (χ4n) is 1.76. The monoisotopic (exact) mass is 299 g/mol. The predicted molar refractivity (Wildman–Crippen MR) is 74.4 cm³/mol. The van der Waals surface area contributed by atoms with Crippen molar-refractivity contribution in [1.82, 2.24) is 10.4 Å². The van der Waals surface area contributed by atoms with Gasteiger partial charge in [-0.3, -0.25) is 16.3 Å². The van der Waals surface area contributed by atoms with E-state index in [1.165, 1.54) is 24.4 Å². The first-order valence-electron chi connectivity index (χ1n) is 5.61. The van der Waals surface area contributed by atoms with Crippen LogP contribution < -0.4 is 11.3 Å². The molecule has 0 aliphatic rings. The maximum Gasteiger partial charge on any atom is 0.123 e. The van der Waals surface area contributed by atoms with Crippen LogP contribution in [0.2, 0.25) is 10.0 Å². The molecule has 6 heteroatoms. The molecule has 100 valence electrons. The van der Waals surface area contributed by atoms with Crippen LogP contribution in [0.15, 0.2) is 36.5 Å². The molecule has 0 spiro atoms. The van der Waals surface area contributed by atoms with E-state index in [0.717, 1.165) is 0 Å². The van der Waals surface area contributed by atoms with Crippen LogP contribution in [0.5, 0.6) is 0 Å². The number of pyridine rings is 1. The smallest absolute Gasteiger partial charge is 0.123 e. The molecule has 2 rings (SSSR count). The number of aromatic nitrogens is 1. The summed E-state index contributed by atoms with van der Waals surface area (Å²) >= 11 is 11.8. The minimum Gasteiger partial charge on any atom is -0.271 e. The molecule has 0 amide bonds. The molecule has 1 aromatic heterocycles. The molecule has 1 atom stereocenters. The number of halogens is 3. The summed E-state index contributed by atoms with van der Waals surface area (Å²) in [5, 5.41) is 1.04. The van der Waals surface area contributed by atoms with Gasteiger partial charge in [-0.2, -0.15) is 0 Å². The number of nitrogens with one attached hydrogen (secondary N) is 1. The van der Waals surface area contributed by atoms with E-state index in [2.05, 4.69) is 10.4 Å². The lowest BCUT2D eigenvalue weighted by Crippen LogP contribution is -2.30. The van der Waals surface area contributed by atoms with Gasteiger partial charge in [0.1, 0.15) is 5.82 Å². The summed E-state index contributed by atoms with van der Waals surface area (Å²) in [5.41, 5.74) is 4.03. The second-order valence-corrected chi connectivity index (χ2v) is 4.90. The molecule has 0 bridgehead atoms. The molecule has 19 heavy (non-hydrogen) atoms. The molecule has 0 aliphatic heterocycles. The summed E-state index contributed by atoms with van der Waals surface area (Å²) < 4.78 is 13.2. The zero-order valence-corrected chi connectivity index (χ0v) is 11.4. The van der Waals surface area contributed by atoms with Crippen molar-refractivity contribution in [1.29, 1.82) is 0 Å². The Bertz CT molecular complexity index is 560. The van der Waals surface area contributed by atoms with Crippen molar-refractivity contribution in [3.05, 3.63) is 63.6 Å². The molecule has 0 aliphatic carbocycles. The highest BCUT2D eigenvalue weighted by molar-refractivity contribution is 6.31. The van der Waals surface area contributed by atoms with Gasteiger partial charge in [-0.15, -0.1) is 0 Å². The highest BCUT2D eigenvalue weighted by atomic mass is 35.5. The number of hydrogen-bond acceptors (Lipinski definition) is 3. The second-order valence-electron chi connectivity index (χ2n) is 4.06. The fraction of sp³-hybridized carbons (Fsp3) is 0.154. The highest BCUT2D eigenvalue weighted by Gasteiger charge is 2.14. The summed E-state index contributed by atoms with van der Waals surface area (Å²) in [6, 6.07) is 7.45. The molecule has 3 nitrogen and oxygen atoms in total. The van der Waals surface area contributed by atoms with Crippen molar-refractivity contribution in [2.75, 3.05) is 0 Å².